The second-order valence-electron chi connectivity index (χ2n) is 8.08. The van der Waals surface area contributed by atoms with Crippen LogP contribution in [0.3, 0.4) is 0 Å². The maximum Gasteiger partial charge on any atom is 0.339 e. The number of benzene rings is 3. The van der Waals surface area contributed by atoms with Gasteiger partial charge in [0, 0.05) is 12.1 Å². The molecule has 10 nitrogen and oxygen atoms in total. The molecule has 3 aromatic rings. The van der Waals surface area contributed by atoms with Crippen molar-refractivity contribution in [2.24, 2.45) is 0 Å². The van der Waals surface area contributed by atoms with Crippen LogP contribution in [0.2, 0.25) is 0 Å². The van der Waals surface area contributed by atoms with Crippen molar-refractivity contribution < 1.29 is 31.9 Å². The second-order valence-corrected chi connectivity index (χ2v) is 11.5. The van der Waals surface area contributed by atoms with Gasteiger partial charge >= 0.3 is 10.1 Å². The number of imide groups is 1. The Morgan fingerprint density at radius 2 is 1.84 bits per heavy atom. The monoisotopic (exact) mass is 618 g/mol. The number of hydrogen-bond donors (Lipinski definition) is 0. The molecule has 4 rings (SSSR count). The number of hydrogen-bond acceptors (Lipinski definition) is 9. The normalized spacial score (nSPS) is 14.7. The fraction of sp³-hybridized carbons (Fsp3) is 0.120. The van der Waals surface area contributed by atoms with E-state index in [9.17, 15) is 28.1 Å². The summed E-state index contributed by atoms with van der Waals surface area (Å²) in [5.41, 5.74) is 1.86. The van der Waals surface area contributed by atoms with Gasteiger partial charge in [0.2, 0.25) is 0 Å². The molecule has 38 heavy (non-hydrogen) atoms. The van der Waals surface area contributed by atoms with Crippen LogP contribution in [0.1, 0.15) is 16.7 Å². The van der Waals surface area contributed by atoms with Crippen LogP contribution < -0.4 is 8.92 Å². The van der Waals surface area contributed by atoms with E-state index in [1.807, 2.05) is 31.2 Å². The van der Waals surface area contributed by atoms with E-state index in [2.05, 4.69) is 15.9 Å². The molecule has 0 aromatic heterocycles. The fourth-order valence-corrected chi connectivity index (χ4v) is 6.08. The topological polar surface area (TPSA) is 133 Å². The van der Waals surface area contributed by atoms with Gasteiger partial charge in [0.15, 0.2) is 11.5 Å². The summed E-state index contributed by atoms with van der Waals surface area (Å²) >= 11 is 4.06. The molecule has 0 unspecified atom stereocenters. The van der Waals surface area contributed by atoms with Gasteiger partial charge in [0.1, 0.15) is 4.90 Å². The van der Waals surface area contributed by atoms with E-state index in [1.165, 1.54) is 37.5 Å². The molecular weight excluding hydrogens is 600 g/mol. The molecule has 0 bridgehead atoms. The van der Waals surface area contributed by atoms with Crippen LogP contribution in [-0.4, -0.2) is 36.5 Å². The minimum absolute atomic E-state index is 0.0126. The Kier molecular flexibility index (Phi) is 7.90. The molecular formula is C25H19BrN2O8S2. The molecule has 0 atom stereocenters. The summed E-state index contributed by atoms with van der Waals surface area (Å²) in [6.07, 6.45) is 1.49. The number of halogens is 1. The summed E-state index contributed by atoms with van der Waals surface area (Å²) in [6.45, 7) is 2.06. The zero-order valence-electron chi connectivity index (χ0n) is 19.9. The number of carbonyl (C=O) groups is 2. The van der Waals surface area contributed by atoms with Crippen LogP contribution in [0.15, 0.2) is 74.9 Å². The summed E-state index contributed by atoms with van der Waals surface area (Å²) in [5, 5.41) is 10.6. The maximum absolute atomic E-state index is 13.0. The fourth-order valence-electron chi connectivity index (χ4n) is 3.60. The molecule has 1 heterocycles. The molecule has 0 N–H and O–H groups in total. The van der Waals surface area contributed by atoms with Gasteiger partial charge in [0.05, 0.1) is 28.0 Å². The lowest BCUT2D eigenvalue weighted by Crippen LogP contribution is -2.27. The van der Waals surface area contributed by atoms with E-state index in [1.54, 1.807) is 0 Å². The highest BCUT2D eigenvalue weighted by atomic mass is 79.9. The lowest BCUT2D eigenvalue weighted by Gasteiger charge is -2.14. The van der Waals surface area contributed by atoms with Gasteiger partial charge in [-0.3, -0.25) is 24.6 Å². The van der Waals surface area contributed by atoms with Gasteiger partial charge < -0.3 is 8.92 Å². The summed E-state index contributed by atoms with van der Waals surface area (Å²) < 4.78 is 36.4. The minimum Gasteiger partial charge on any atom is -0.493 e. The van der Waals surface area contributed by atoms with E-state index < -0.39 is 36.8 Å². The molecule has 0 radical (unpaired) electrons. The third-order valence-corrected chi connectivity index (χ3v) is 8.07. The van der Waals surface area contributed by atoms with Crippen molar-refractivity contribution in [1.29, 1.82) is 0 Å². The highest BCUT2D eigenvalue weighted by Gasteiger charge is 2.35. The average molecular weight is 619 g/mol. The second kappa shape index (κ2) is 11.0. The van der Waals surface area contributed by atoms with Crippen LogP contribution in [0.4, 0.5) is 10.5 Å². The van der Waals surface area contributed by atoms with E-state index in [-0.39, 0.29) is 27.4 Å². The highest BCUT2D eigenvalue weighted by Crippen LogP contribution is 2.40. The van der Waals surface area contributed by atoms with Gasteiger partial charge in [-0.2, -0.15) is 8.42 Å². The van der Waals surface area contributed by atoms with Crippen molar-refractivity contribution >= 4 is 60.7 Å². The summed E-state index contributed by atoms with van der Waals surface area (Å²) in [5.74, 6) is -0.632. The number of rotatable bonds is 8. The van der Waals surface area contributed by atoms with Crippen LogP contribution in [0, 0.1) is 17.0 Å². The number of amides is 2. The number of non-ortho nitro benzene ring substituents is 1. The van der Waals surface area contributed by atoms with Gasteiger partial charge in [-0.1, -0.05) is 35.9 Å². The number of ether oxygens (including phenoxy) is 1. The number of nitrogens with zero attached hydrogens (tertiary/aromatic N) is 2. The maximum atomic E-state index is 13.0. The first-order valence-corrected chi connectivity index (χ1v) is 13.9. The molecule has 0 saturated carbocycles. The lowest BCUT2D eigenvalue weighted by molar-refractivity contribution is -0.385. The average Bonchev–Trinajstić information content (AvgIpc) is 3.12. The first-order valence-electron chi connectivity index (χ1n) is 10.9. The first-order chi connectivity index (χ1) is 18.0. The number of aryl methyl sites for hydroxylation is 1. The van der Waals surface area contributed by atoms with E-state index >= 15 is 0 Å². The predicted octanol–water partition coefficient (Wildman–Crippen LogP) is 5.68. The standard InChI is InChI=1S/C25H19BrN2O8S2/c1-15-5-3-6-16(9-15)14-27-24(29)22(37-25(27)30)12-17-10-20(26)23(21(11-17)35-2)36-38(33,34)19-8-4-7-18(13-19)28(31)32/h3-13H,14H2,1-2H3/b22-12-. The van der Waals surface area contributed by atoms with Gasteiger partial charge in [-0.05, 0) is 70.0 Å². The molecule has 1 aliphatic heterocycles. The summed E-state index contributed by atoms with van der Waals surface area (Å²) in [4.78, 5) is 36.7. The number of nitro groups is 1. The van der Waals surface area contributed by atoms with Gasteiger partial charge in [-0.25, -0.2) is 0 Å². The Bertz CT molecular complexity index is 1600. The minimum atomic E-state index is -4.46. The Morgan fingerprint density at radius 1 is 1.11 bits per heavy atom. The zero-order chi connectivity index (χ0) is 27.6. The highest BCUT2D eigenvalue weighted by molar-refractivity contribution is 9.10. The Balaban J connectivity index is 1.60. The third kappa shape index (κ3) is 5.90. The van der Waals surface area contributed by atoms with Crippen LogP contribution in [0.25, 0.3) is 6.08 Å². The Morgan fingerprint density at radius 3 is 2.53 bits per heavy atom. The first kappa shape index (κ1) is 27.4. The molecule has 1 aliphatic rings. The van der Waals surface area contributed by atoms with E-state index in [4.69, 9.17) is 8.92 Å². The Hall–Kier alpha value is -3.68. The SMILES string of the molecule is COc1cc(/C=C2\SC(=O)N(Cc3cccc(C)c3)C2=O)cc(Br)c1OS(=O)(=O)c1cccc([N+](=O)[O-])c1. The Labute approximate surface area is 230 Å². The van der Waals surface area contributed by atoms with Gasteiger partial charge in [-0.15, -0.1) is 0 Å². The number of carbonyl (C=O) groups excluding carboxylic acids is 2. The molecule has 0 spiro atoms. The van der Waals surface area contributed by atoms with Crippen molar-refractivity contribution in [1.82, 2.24) is 4.90 Å². The molecule has 0 aliphatic carbocycles. The number of nitro benzene ring substituents is 1. The van der Waals surface area contributed by atoms with Crippen molar-refractivity contribution in [3.05, 3.63) is 96.8 Å². The van der Waals surface area contributed by atoms with Crippen LogP contribution >= 0.6 is 27.7 Å². The molecule has 1 fully saturated rings. The van der Waals surface area contributed by atoms with Crippen molar-refractivity contribution in [2.45, 2.75) is 18.4 Å². The largest absolute Gasteiger partial charge is 0.493 e. The van der Waals surface area contributed by atoms with E-state index in [0.29, 0.717) is 5.56 Å². The van der Waals surface area contributed by atoms with E-state index in [0.717, 1.165) is 39.9 Å². The summed E-state index contributed by atoms with van der Waals surface area (Å²) in [7, 11) is -3.16. The summed E-state index contributed by atoms with van der Waals surface area (Å²) in [6, 6.07) is 14.9. The van der Waals surface area contributed by atoms with Crippen LogP contribution in [-0.2, 0) is 21.5 Å². The molecule has 1 saturated heterocycles. The molecule has 2 amide bonds. The predicted molar refractivity (Wildman–Crippen MR) is 144 cm³/mol. The lowest BCUT2D eigenvalue weighted by atomic mass is 10.1. The third-order valence-electron chi connectivity index (χ3n) is 5.36. The molecule has 3 aromatic carbocycles. The quantitative estimate of drug-likeness (QED) is 0.135. The van der Waals surface area contributed by atoms with Crippen molar-refractivity contribution in [3.8, 4) is 11.5 Å². The molecule has 196 valence electrons. The van der Waals surface area contributed by atoms with Gasteiger partial charge in [0.25, 0.3) is 16.8 Å². The van der Waals surface area contributed by atoms with Crippen LogP contribution in [0.5, 0.6) is 11.5 Å². The number of thioether (sulfide) groups is 1. The molecule has 13 heteroatoms. The van der Waals surface area contributed by atoms with Crippen molar-refractivity contribution in [2.75, 3.05) is 7.11 Å². The smallest absolute Gasteiger partial charge is 0.339 e. The van der Waals surface area contributed by atoms with Crippen molar-refractivity contribution in [3.63, 3.8) is 0 Å². The zero-order valence-corrected chi connectivity index (χ0v) is 23.1. The number of methoxy groups -OCH3 is 1.